The van der Waals surface area contributed by atoms with Crippen molar-refractivity contribution >= 4 is 6.08 Å². The molecule has 0 radical (unpaired) electrons. The van der Waals surface area contributed by atoms with Gasteiger partial charge >= 0.3 is 0 Å². The van der Waals surface area contributed by atoms with Crippen LogP contribution in [0.15, 0.2) is 36.1 Å². The standard InChI is InChI=1S/C11H11N/c1-3-9-7-11-5-2-6-12(11)8-10(9)4-1/h1-2,4-7,10H,3,8H2/t10-/m1/s1. The van der Waals surface area contributed by atoms with E-state index >= 15 is 0 Å². The van der Waals surface area contributed by atoms with Gasteiger partial charge in [0.2, 0.25) is 0 Å². The molecule has 1 aromatic heterocycles. The average molecular weight is 157 g/mol. The van der Waals surface area contributed by atoms with Gasteiger partial charge in [-0.3, -0.25) is 0 Å². The summed E-state index contributed by atoms with van der Waals surface area (Å²) in [6, 6.07) is 4.30. The summed E-state index contributed by atoms with van der Waals surface area (Å²) >= 11 is 0. The molecule has 0 N–H and O–H groups in total. The van der Waals surface area contributed by atoms with Gasteiger partial charge in [-0.05, 0) is 24.6 Å². The molecule has 60 valence electrons. The first-order chi connectivity index (χ1) is 5.93. The number of aromatic nitrogens is 1. The number of fused-ring (bicyclic) bond motifs is 2. The molecule has 0 saturated carbocycles. The van der Waals surface area contributed by atoms with E-state index in [0.29, 0.717) is 5.92 Å². The highest BCUT2D eigenvalue weighted by atomic mass is 15.0. The van der Waals surface area contributed by atoms with Gasteiger partial charge in [0.25, 0.3) is 0 Å². The van der Waals surface area contributed by atoms with Crippen molar-refractivity contribution < 1.29 is 0 Å². The summed E-state index contributed by atoms with van der Waals surface area (Å²) in [5.74, 6) is 0.685. The topological polar surface area (TPSA) is 4.93 Å². The molecular weight excluding hydrogens is 146 g/mol. The van der Waals surface area contributed by atoms with E-state index in [9.17, 15) is 0 Å². The van der Waals surface area contributed by atoms with Crippen LogP contribution in [-0.4, -0.2) is 4.57 Å². The Morgan fingerprint density at radius 1 is 1.42 bits per heavy atom. The van der Waals surface area contributed by atoms with Gasteiger partial charge in [0, 0.05) is 24.4 Å². The van der Waals surface area contributed by atoms with Crippen LogP contribution in [0.3, 0.4) is 0 Å². The smallest absolute Gasteiger partial charge is 0.0406 e. The van der Waals surface area contributed by atoms with Crippen molar-refractivity contribution in [2.45, 2.75) is 13.0 Å². The number of hydrogen-bond acceptors (Lipinski definition) is 0. The van der Waals surface area contributed by atoms with Crippen molar-refractivity contribution in [1.29, 1.82) is 0 Å². The maximum absolute atomic E-state index is 2.33. The van der Waals surface area contributed by atoms with Crippen molar-refractivity contribution in [2.75, 3.05) is 0 Å². The van der Waals surface area contributed by atoms with Crippen LogP contribution in [0.2, 0.25) is 0 Å². The molecule has 0 saturated heterocycles. The van der Waals surface area contributed by atoms with Crippen molar-refractivity contribution in [1.82, 2.24) is 4.57 Å². The van der Waals surface area contributed by atoms with Crippen LogP contribution in [-0.2, 0) is 6.54 Å². The molecular formula is C11H11N. The Balaban J connectivity index is 2.13. The van der Waals surface area contributed by atoms with Crippen molar-refractivity contribution in [3.63, 3.8) is 0 Å². The van der Waals surface area contributed by atoms with E-state index < -0.39 is 0 Å². The molecule has 1 aliphatic heterocycles. The molecule has 0 aromatic carbocycles. The van der Waals surface area contributed by atoms with Crippen LogP contribution >= 0.6 is 0 Å². The number of rotatable bonds is 0. The van der Waals surface area contributed by atoms with Crippen molar-refractivity contribution in [2.24, 2.45) is 5.92 Å². The molecule has 1 heteroatoms. The Morgan fingerprint density at radius 3 is 3.42 bits per heavy atom. The molecule has 1 aromatic rings. The fourth-order valence-electron chi connectivity index (χ4n) is 2.11. The Bertz CT molecular complexity index is 368. The van der Waals surface area contributed by atoms with E-state index in [-0.39, 0.29) is 0 Å². The summed E-state index contributed by atoms with van der Waals surface area (Å²) in [7, 11) is 0. The fourth-order valence-corrected chi connectivity index (χ4v) is 2.11. The first-order valence-corrected chi connectivity index (χ1v) is 4.46. The van der Waals surface area contributed by atoms with Crippen LogP contribution in [0.4, 0.5) is 0 Å². The summed E-state index contributed by atoms with van der Waals surface area (Å²) in [4.78, 5) is 0. The van der Waals surface area contributed by atoms with Crippen LogP contribution in [0.1, 0.15) is 12.1 Å². The zero-order valence-corrected chi connectivity index (χ0v) is 6.90. The molecule has 0 bridgehead atoms. The Labute approximate surface area is 72.0 Å². The monoisotopic (exact) mass is 157 g/mol. The van der Waals surface area contributed by atoms with E-state index in [4.69, 9.17) is 0 Å². The summed E-state index contributed by atoms with van der Waals surface area (Å²) in [6.45, 7) is 1.14. The Kier molecular flexibility index (Phi) is 1.12. The molecule has 2 aliphatic rings. The minimum Gasteiger partial charge on any atom is -0.347 e. The second-order valence-electron chi connectivity index (χ2n) is 3.54. The third-order valence-corrected chi connectivity index (χ3v) is 2.79. The second-order valence-corrected chi connectivity index (χ2v) is 3.54. The third kappa shape index (κ3) is 0.737. The second kappa shape index (κ2) is 2.13. The van der Waals surface area contributed by atoms with Gasteiger partial charge in [-0.2, -0.15) is 0 Å². The van der Waals surface area contributed by atoms with Crippen LogP contribution < -0.4 is 0 Å². The zero-order valence-electron chi connectivity index (χ0n) is 6.90. The quantitative estimate of drug-likeness (QED) is 0.510. The fraction of sp³-hybridized carbons (Fsp3) is 0.273. The summed E-state index contributed by atoms with van der Waals surface area (Å²) in [5.41, 5.74) is 2.95. The van der Waals surface area contributed by atoms with Gasteiger partial charge in [-0.1, -0.05) is 17.7 Å². The summed E-state index contributed by atoms with van der Waals surface area (Å²) in [6.07, 6.45) is 10.3. The molecule has 2 heterocycles. The SMILES string of the molecule is C1=C[C@@H]2Cn3cccc3C=C2C1. The zero-order chi connectivity index (χ0) is 7.97. The third-order valence-electron chi connectivity index (χ3n) is 2.79. The van der Waals surface area contributed by atoms with E-state index in [1.165, 1.54) is 5.69 Å². The first-order valence-electron chi connectivity index (χ1n) is 4.46. The summed E-state index contributed by atoms with van der Waals surface area (Å²) < 4.78 is 2.32. The van der Waals surface area contributed by atoms with Crippen molar-refractivity contribution in [3.05, 3.63) is 41.7 Å². The highest BCUT2D eigenvalue weighted by Crippen LogP contribution is 2.32. The van der Waals surface area contributed by atoms with Gasteiger partial charge in [0.05, 0.1) is 0 Å². The number of nitrogens with zero attached hydrogens (tertiary/aromatic N) is 1. The highest BCUT2D eigenvalue weighted by Gasteiger charge is 2.20. The lowest BCUT2D eigenvalue weighted by Gasteiger charge is -2.19. The Morgan fingerprint density at radius 2 is 2.42 bits per heavy atom. The molecule has 1 aliphatic carbocycles. The lowest BCUT2D eigenvalue weighted by atomic mass is 9.99. The Hall–Kier alpha value is -1.24. The minimum absolute atomic E-state index is 0.685. The summed E-state index contributed by atoms with van der Waals surface area (Å²) in [5, 5.41) is 0. The molecule has 0 unspecified atom stereocenters. The van der Waals surface area contributed by atoms with Gasteiger partial charge < -0.3 is 4.57 Å². The van der Waals surface area contributed by atoms with E-state index in [0.717, 1.165) is 13.0 Å². The van der Waals surface area contributed by atoms with Crippen molar-refractivity contribution in [3.8, 4) is 0 Å². The maximum atomic E-state index is 2.33. The van der Waals surface area contributed by atoms with E-state index in [2.05, 4.69) is 41.1 Å². The highest BCUT2D eigenvalue weighted by molar-refractivity contribution is 5.55. The van der Waals surface area contributed by atoms with Crippen LogP contribution in [0.25, 0.3) is 6.08 Å². The number of allylic oxidation sites excluding steroid dienone is 3. The predicted octanol–water partition coefficient (Wildman–Crippen LogP) is 2.46. The predicted molar refractivity (Wildman–Crippen MR) is 49.7 cm³/mol. The minimum atomic E-state index is 0.685. The molecule has 0 fully saturated rings. The van der Waals surface area contributed by atoms with Gasteiger partial charge in [-0.25, -0.2) is 0 Å². The van der Waals surface area contributed by atoms with Crippen LogP contribution in [0, 0.1) is 5.92 Å². The average Bonchev–Trinajstić information content (AvgIpc) is 2.64. The molecule has 1 nitrogen and oxygen atoms in total. The van der Waals surface area contributed by atoms with Crippen LogP contribution in [0.5, 0.6) is 0 Å². The molecule has 12 heavy (non-hydrogen) atoms. The number of hydrogen-bond donors (Lipinski definition) is 0. The van der Waals surface area contributed by atoms with E-state index in [1.54, 1.807) is 5.57 Å². The van der Waals surface area contributed by atoms with Gasteiger partial charge in [0.15, 0.2) is 0 Å². The largest absolute Gasteiger partial charge is 0.347 e. The molecule has 3 rings (SSSR count). The lowest BCUT2D eigenvalue weighted by Crippen LogP contribution is -2.13. The first kappa shape index (κ1) is 6.30. The maximum Gasteiger partial charge on any atom is 0.0406 e. The molecule has 1 atom stereocenters. The van der Waals surface area contributed by atoms with Gasteiger partial charge in [0.1, 0.15) is 0 Å². The molecule has 0 amide bonds. The van der Waals surface area contributed by atoms with Gasteiger partial charge in [-0.15, -0.1) is 0 Å². The normalized spacial score (nSPS) is 25.0. The lowest BCUT2D eigenvalue weighted by molar-refractivity contribution is 0.584. The van der Waals surface area contributed by atoms with E-state index in [1.807, 2.05) is 0 Å². The molecule has 0 spiro atoms.